The first-order chi connectivity index (χ1) is 36.5. The van der Waals surface area contributed by atoms with E-state index in [1.165, 1.54) is 70.6 Å². The minimum atomic E-state index is -4.93. The smallest absolute Gasteiger partial charge is 0.462 e. The van der Waals surface area contributed by atoms with E-state index in [9.17, 15) is 43.2 Å². The van der Waals surface area contributed by atoms with Gasteiger partial charge < -0.3 is 33.8 Å². The Kier molecular flexibility index (Phi) is 49.9. The van der Waals surface area contributed by atoms with Crippen LogP contribution >= 0.6 is 15.6 Å². The fourth-order valence-electron chi connectivity index (χ4n) is 8.34. The van der Waals surface area contributed by atoms with E-state index in [1.54, 1.807) is 0 Å². The number of carbonyl (C=O) groups is 4. The van der Waals surface area contributed by atoms with Crippen LogP contribution in [0.1, 0.15) is 279 Å². The van der Waals surface area contributed by atoms with Gasteiger partial charge in [-0.2, -0.15) is 0 Å². The number of hydrogen-bond donors (Lipinski definition) is 3. The van der Waals surface area contributed by atoms with Gasteiger partial charge in [-0.3, -0.25) is 37.3 Å². The van der Waals surface area contributed by atoms with Crippen molar-refractivity contribution in [2.45, 2.75) is 297 Å². The number of aliphatic hydroxyl groups is 1. The molecule has 0 saturated heterocycles. The van der Waals surface area contributed by atoms with Gasteiger partial charge in [0.2, 0.25) is 0 Å². The zero-order valence-electron chi connectivity index (χ0n) is 48.4. The first kappa shape index (κ1) is 74.1. The highest BCUT2D eigenvalue weighted by molar-refractivity contribution is 7.47. The van der Waals surface area contributed by atoms with E-state index in [4.69, 9.17) is 37.0 Å². The van der Waals surface area contributed by atoms with E-state index in [-0.39, 0.29) is 25.7 Å². The summed E-state index contributed by atoms with van der Waals surface area (Å²) in [5, 5.41) is 10.5. The standard InChI is InChI=1S/C57H110O17P2/c1-6-9-12-15-18-19-20-21-22-27-33-38-43-57(62)74-53(47-68-55(60)41-36-31-28-23-26-29-34-39-50(4)5)49-72-76(65,66)70-45-51(58)44-69-75(63,64)71-48-52(73-56(61)42-37-32-25-17-14-11-8-3)46-67-54(59)40-35-30-24-16-13-10-7-2/h50-53,58H,6-49H2,1-5H3,(H,63,64)(H,65,66)/t51-,52+,53+/m0/s1. The van der Waals surface area contributed by atoms with Crippen molar-refractivity contribution in [1.82, 2.24) is 0 Å². The Morgan fingerprint density at radius 1 is 0.355 bits per heavy atom. The summed E-state index contributed by atoms with van der Waals surface area (Å²) in [4.78, 5) is 71.6. The molecule has 0 amide bonds. The second-order valence-corrected chi connectivity index (χ2v) is 24.1. The van der Waals surface area contributed by atoms with Gasteiger partial charge in [-0.15, -0.1) is 0 Å². The molecule has 0 heterocycles. The van der Waals surface area contributed by atoms with Crippen molar-refractivity contribution in [1.29, 1.82) is 0 Å². The lowest BCUT2D eigenvalue weighted by atomic mass is 10.0. The zero-order chi connectivity index (χ0) is 56.4. The Morgan fingerprint density at radius 3 is 0.895 bits per heavy atom. The molecule has 0 aliphatic heterocycles. The maximum atomic E-state index is 12.9. The molecule has 0 aliphatic rings. The highest BCUT2D eigenvalue weighted by Gasteiger charge is 2.30. The van der Waals surface area contributed by atoms with Gasteiger partial charge in [0.15, 0.2) is 12.2 Å². The molecule has 76 heavy (non-hydrogen) atoms. The Balaban J connectivity index is 5.19. The topological polar surface area (TPSA) is 237 Å². The Morgan fingerprint density at radius 2 is 0.605 bits per heavy atom. The Bertz CT molecular complexity index is 1500. The molecule has 0 saturated carbocycles. The number of rotatable bonds is 57. The molecule has 17 nitrogen and oxygen atoms in total. The van der Waals surface area contributed by atoms with Gasteiger partial charge in [0.25, 0.3) is 0 Å². The lowest BCUT2D eigenvalue weighted by molar-refractivity contribution is -0.161. The summed E-state index contributed by atoms with van der Waals surface area (Å²) in [6.07, 6.45) is 32.4. The number of unbranched alkanes of at least 4 members (excludes halogenated alkanes) is 29. The third-order valence-electron chi connectivity index (χ3n) is 13.0. The summed E-state index contributed by atoms with van der Waals surface area (Å²) in [6, 6.07) is 0. The average molecular weight is 1130 g/mol. The first-order valence-corrected chi connectivity index (χ1v) is 33.1. The molecule has 0 radical (unpaired) electrons. The van der Waals surface area contributed by atoms with E-state index < -0.39 is 97.5 Å². The number of hydrogen-bond acceptors (Lipinski definition) is 15. The molecule has 0 fully saturated rings. The van der Waals surface area contributed by atoms with Gasteiger partial charge in [0, 0.05) is 25.7 Å². The van der Waals surface area contributed by atoms with Crippen molar-refractivity contribution in [2.75, 3.05) is 39.6 Å². The summed E-state index contributed by atoms with van der Waals surface area (Å²) < 4.78 is 67.5. The predicted molar refractivity (Wildman–Crippen MR) is 298 cm³/mol. The maximum absolute atomic E-state index is 12.9. The van der Waals surface area contributed by atoms with E-state index in [0.717, 1.165) is 122 Å². The van der Waals surface area contributed by atoms with Crippen LogP contribution in [0.15, 0.2) is 0 Å². The second kappa shape index (κ2) is 51.2. The van der Waals surface area contributed by atoms with Crippen LogP contribution in [0.25, 0.3) is 0 Å². The summed E-state index contributed by atoms with van der Waals surface area (Å²) in [5.41, 5.74) is 0. The highest BCUT2D eigenvalue weighted by Crippen LogP contribution is 2.45. The number of aliphatic hydroxyl groups excluding tert-OH is 1. The van der Waals surface area contributed by atoms with Crippen molar-refractivity contribution in [3.63, 3.8) is 0 Å². The van der Waals surface area contributed by atoms with Crippen molar-refractivity contribution in [3.8, 4) is 0 Å². The van der Waals surface area contributed by atoms with Crippen molar-refractivity contribution in [3.05, 3.63) is 0 Å². The average Bonchev–Trinajstić information content (AvgIpc) is 3.38. The van der Waals surface area contributed by atoms with E-state index in [0.29, 0.717) is 31.6 Å². The van der Waals surface area contributed by atoms with Crippen LogP contribution in [0, 0.1) is 5.92 Å². The maximum Gasteiger partial charge on any atom is 0.472 e. The summed E-state index contributed by atoms with van der Waals surface area (Å²) in [5.74, 6) is -1.45. The minimum absolute atomic E-state index is 0.103. The van der Waals surface area contributed by atoms with Crippen LogP contribution in [0.3, 0.4) is 0 Å². The zero-order valence-corrected chi connectivity index (χ0v) is 50.2. The Labute approximate surface area is 460 Å². The predicted octanol–water partition coefficient (Wildman–Crippen LogP) is 15.1. The van der Waals surface area contributed by atoms with Crippen LogP contribution in [0.2, 0.25) is 0 Å². The molecule has 3 N–H and O–H groups in total. The van der Waals surface area contributed by atoms with Gasteiger partial charge in [-0.1, -0.05) is 227 Å². The largest absolute Gasteiger partial charge is 0.472 e. The molecule has 0 aromatic carbocycles. The minimum Gasteiger partial charge on any atom is -0.462 e. The number of carbonyl (C=O) groups excluding carboxylic acids is 4. The van der Waals surface area contributed by atoms with Gasteiger partial charge in [-0.25, -0.2) is 9.13 Å². The summed E-state index contributed by atoms with van der Waals surface area (Å²) in [7, 11) is -9.86. The Hall–Kier alpha value is -1.94. The normalized spacial score (nSPS) is 14.4. The van der Waals surface area contributed by atoms with Crippen molar-refractivity contribution in [2.24, 2.45) is 5.92 Å². The fraction of sp³-hybridized carbons (Fsp3) is 0.930. The number of ether oxygens (including phenoxy) is 4. The van der Waals surface area contributed by atoms with Gasteiger partial charge >= 0.3 is 39.5 Å². The van der Waals surface area contributed by atoms with Crippen molar-refractivity contribution < 1.29 is 80.2 Å². The molecule has 0 aliphatic carbocycles. The van der Waals surface area contributed by atoms with Crippen molar-refractivity contribution >= 4 is 39.5 Å². The summed E-state index contributed by atoms with van der Waals surface area (Å²) in [6.45, 7) is 7.00. The lowest BCUT2D eigenvalue weighted by Crippen LogP contribution is -2.30. The van der Waals surface area contributed by atoms with Gasteiger partial charge in [0.05, 0.1) is 26.4 Å². The third kappa shape index (κ3) is 51.5. The van der Waals surface area contributed by atoms with Crippen LogP contribution in [0.4, 0.5) is 0 Å². The van der Waals surface area contributed by atoms with Crippen LogP contribution in [-0.2, 0) is 65.4 Å². The number of phosphoric ester groups is 2. The molecule has 450 valence electrons. The SMILES string of the molecule is CCCCCCCCCCCCCCC(=O)O[C@H](COC(=O)CCCCCCCCCC(C)C)COP(=O)(O)OC[C@@H](O)COP(=O)(O)OC[C@@H](COC(=O)CCCCCCCCC)OC(=O)CCCCCCCCC. The molecule has 0 aromatic heterocycles. The molecule has 0 aromatic rings. The van der Waals surface area contributed by atoms with Crippen LogP contribution in [-0.4, -0.2) is 96.7 Å². The molecular formula is C57H110O17P2. The van der Waals surface area contributed by atoms with E-state index in [1.807, 2.05) is 0 Å². The molecule has 19 heteroatoms. The lowest BCUT2D eigenvalue weighted by Gasteiger charge is -2.21. The van der Waals surface area contributed by atoms with Gasteiger partial charge in [0.1, 0.15) is 19.3 Å². The van der Waals surface area contributed by atoms with Crippen LogP contribution < -0.4 is 0 Å². The molecule has 0 rings (SSSR count). The quantitative estimate of drug-likeness (QED) is 0.0222. The summed E-state index contributed by atoms with van der Waals surface area (Å²) >= 11 is 0. The molecule has 0 spiro atoms. The van der Waals surface area contributed by atoms with Crippen LogP contribution in [0.5, 0.6) is 0 Å². The molecule has 0 bridgehead atoms. The van der Waals surface area contributed by atoms with E-state index in [2.05, 4.69) is 34.6 Å². The first-order valence-electron chi connectivity index (χ1n) is 30.1. The second-order valence-electron chi connectivity index (χ2n) is 21.2. The molecule has 5 atom stereocenters. The fourth-order valence-corrected chi connectivity index (χ4v) is 9.92. The number of esters is 4. The number of phosphoric acid groups is 2. The van der Waals surface area contributed by atoms with Gasteiger partial charge in [-0.05, 0) is 31.6 Å². The third-order valence-corrected chi connectivity index (χ3v) is 14.9. The highest BCUT2D eigenvalue weighted by atomic mass is 31.2. The molecule has 2 unspecified atom stereocenters. The van der Waals surface area contributed by atoms with E-state index >= 15 is 0 Å². The monoisotopic (exact) mass is 1130 g/mol. The molecular weight excluding hydrogens is 1020 g/mol.